The molecule has 3 heterocycles. The van der Waals surface area contributed by atoms with Crippen LogP contribution in [0.2, 0.25) is 0 Å². The van der Waals surface area contributed by atoms with Crippen molar-refractivity contribution >= 4 is 108 Å². The van der Waals surface area contributed by atoms with E-state index >= 15 is 0 Å². The zero-order chi connectivity index (χ0) is 92.2. The fraction of sp³-hybridized carbons (Fsp3) is 0.384. The maximum Gasteiger partial charge on any atom is 0.345 e. The van der Waals surface area contributed by atoms with Crippen LogP contribution >= 0.6 is 15.9 Å². The van der Waals surface area contributed by atoms with Gasteiger partial charge in [0.2, 0.25) is 5.91 Å². The number of nitrogens with one attached hydrogen (secondary N) is 1. The molecule has 125 heavy (non-hydrogen) atoms. The number of methoxy groups -OCH3 is 4. The number of halogens is 1. The number of esters is 1. The number of amides is 4. The number of carbonyl (C=O) groups is 5. The fourth-order valence-corrected chi connectivity index (χ4v) is 18.3. The van der Waals surface area contributed by atoms with Crippen molar-refractivity contribution in [3.63, 3.8) is 0 Å². The van der Waals surface area contributed by atoms with Gasteiger partial charge in [0.05, 0.1) is 129 Å². The lowest BCUT2D eigenvalue weighted by Crippen LogP contribution is -2.34. The van der Waals surface area contributed by atoms with Crippen LogP contribution in [0.25, 0.3) is 0 Å². The van der Waals surface area contributed by atoms with Crippen molar-refractivity contribution in [2.45, 2.75) is 96.6 Å². The van der Waals surface area contributed by atoms with E-state index in [1.807, 2.05) is 32.9 Å². The van der Waals surface area contributed by atoms with E-state index < -0.39 is 85.2 Å². The van der Waals surface area contributed by atoms with E-state index in [0.29, 0.717) is 140 Å². The maximum absolute atomic E-state index is 13.5. The third-order valence-corrected chi connectivity index (χ3v) is 24.1. The molecule has 8 aromatic rings. The van der Waals surface area contributed by atoms with Crippen molar-refractivity contribution in [3.05, 3.63) is 233 Å². The summed E-state index contributed by atoms with van der Waals surface area (Å²) in [5.41, 5.74) is 18.2. The van der Waals surface area contributed by atoms with Gasteiger partial charge in [0.1, 0.15) is 50.5 Å². The summed E-state index contributed by atoms with van der Waals surface area (Å²) in [6, 6.07) is 37.3. The number of nitrogen functional groups attached to an aromatic ring is 1. The highest BCUT2D eigenvalue weighted by molar-refractivity contribution is 9.08. The first kappa shape index (κ1) is 98.8. The second-order valence-corrected chi connectivity index (χ2v) is 38.5. The minimum absolute atomic E-state index is 0.000422. The number of benzene rings is 8. The van der Waals surface area contributed by atoms with Gasteiger partial charge in [0.15, 0.2) is 46.0 Å². The molecule has 0 radical (unpaired) electrons. The van der Waals surface area contributed by atoms with Gasteiger partial charge in [-0.05, 0) is 153 Å². The first-order chi connectivity index (χ1) is 59.1. The lowest BCUT2D eigenvalue weighted by Gasteiger charge is -2.28. The third-order valence-electron chi connectivity index (χ3n) is 19.8. The van der Waals surface area contributed by atoms with Gasteiger partial charge in [0.25, 0.3) is 29.1 Å². The summed E-state index contributed by atoms with van der Waals surface area (Å²) in [7, 11) is -7.28. The quantitative estimate of drug-likeness (QED) is 0.00641. The van der Waals surface area contributed by atoms with Crippen LogP contribution in [-0.2, 0) is 73.8 Å². The molecular weight excluding hydrogens is 1780 g/mol. The molecular formula is C86H103BrN8O26S4. The molecule has 0 unspecified atom stereocenters. The zero-order valence-corrected chi connectivity index (χ0v) is 76.2. The molecule has 5 N–H and O–H groups in total. The van der Waals surface area contributed by atoms with Crippen LogP contribution in [0.1, 0.15) is 158 Å². The van der Waals surface area contributed by atoms with E-state index in [2.05, 4.69) is 21.2 Å². The molecule has 12 rings (SSSR count). The summed E-state index contributed by atoms with van der Waals surface area (Å²) in [5, 5.41) is 25.4. The second kappa shape index (κ2) is 43.8. The van der Waals surface area contributed by atoms with Crippen LogP contribution in [0.5, 0.6) is 46.0 Å². The largest absolute Gasteiger partial charge is 0.493 e. The Hall–Kier alpha value is -11.7. The number of carbonyl (C=O) groups excluding carboxylic acids is 5. The van der Waals surface area contributed by atoms with E-state index in [4.69, 9.17) is 54.1 Å². The van der Waals surface area contributed by atoms with Gasteiger partial charge in [-0.2, -0.15) is 0 Å². The Morgan fingerprint density at radius 3 is 1.17 bits per heavy atom. The van der Waals surface area contributed by atoms with Crippen LogP contribution < -0.4 is 54.7 Å². The topological polar surface area (TPSA) is 465 Å². The second-order valence-electron chi connectivity index (χ2n) is 29.2. The number of ether oxygens (including phenoxy) is 9. The first-order valence-corrected chi connectivity index (χ1v) is 48.7. The van der Waals surface area contributed by atoms with Gasteiger partial charge in [-0.1, -0.05) is 88.7 Å². The molecule has 0 aromatic heterocycles. The van der Waals surface area contributed by atoms with Gasteiger partial charge in [-0.3, -0.25) is 39.4 Å². The molecule has 4 aliphatic rings. The van der Waals surface area contributed by atoms with Gasteiger partial charge >= 0.3 is 5.97 Å². The molecule has 1 saturated carbocycles. The van der Waals surface area contributed by atoms with Crippen molar-refractivity contribution < 1.29 is 110 Å². The average molecular weight is 1880 g/mol. The van der Waals surface area contributed by atoms with Crippen molar-refractivity contribution in [1.29, 1.82) is 0 Å². The summed E-state index contributed by atoms with van der Waals surface area (Å²) in [6.45, 7) is 11.5. The Bertz CT molecular complexity index is 5780. The molecule has 0 saturated heterocycles. The molecule has 34 nitrogen and oxygen atoms in total. The van der Waals surface area contributed by atoms with E-state index in [1.165, 1.54) is 56.8 Å². The molecule has 674 valence electrons. The van der Waals surface area contributed by atoms with E-state index in [1.54, 1.807) is 140 Å². The van der Waals surface area contributed by atoms with Crippen molar-refractivity contribution in [1.82, 2.24) is 14.7 Å². The molecule has 3 aliphatic heterocycles. The molecule has 0 bridgehead atoms. The van der Waals surface area contributed by atoms with Gasteiger partial charge < -0.3 is 74.1 Å². The number of hydrogen-bond acceptors (Lipinski definition) is 28. The number of nitro benzene ring substituents is 2. The monoisotopic (exact) mass is 1880 g/mol. The predicted molar refractivity (Wildman–Crippen MR) is 474 cm³/mol. The van der Waals surface area contributed by atoms with E-state index in [-0.39, 0.29) is 88.8 Å². The van der Waals surface area contributed by atoms with Crippen molar-refractivity contribution in [2.24, 2.45) is 11.7 Å². The van der Waals surface area contributed by atoms with E-state index in [0.717, 1.165) is 42.7 Å². The van der Waals surface area contributed by atoms with Crippen LogP contribution in [-0.4, -0.2) is 197 Å². The number of nitrogens with zero attached hydrogens (tertiary/aromatic N) is 5. The van der Waals surface area contributed by atoms with Crippen molar-refractivity contribution in [3.8, 4) is 46.0 Å². The normalized spacial score (nSPS) is 14.2. The van der Waals surface area contributed by atoms with Gasteiger partial charge in [0, 0.05) is 79.8 Å². The lowest BCUT2D eigenvalue weighted by atomic mass is 10.1. The summed E-state index contributed by atoms with van der Waals surface area (Å²) in [4.78, 5) is 89.1. The van der Waals surface area contributed by atoms with E-state index in [9.17, 15) is 77.9 Å². The first-order valence-electron chi connectivity index (χ1n) is 39.3. The Labute approximate surface area is 735 Å². The number of rotatable bonds is 34. The summed E-state index contributed by atoms with van der Waals surface area (Å²) in [6.07, 6.45) is 6.29. The Morgan fingerprint density at radius 1 is 0.464 bits per heavy atom. The highest BCUT2D eigenvalue weighted by Gasteiger charge is 2.43. The number of nitro groups is 2. The zero-order valence-electron chi connectivity index (χ0n) is 71.4. The number of alkyl halides is 1. The minimum Gasteiger partial charge on any atom is -0.493 e. The van der Waals surface area contributed by atoms with Crippen molar-refractivity contribution in [2.75, 3.05) is 121 Å². The number of hydrogen-bond donors (Lipinski definition) is 3. The number of nitrogens with two attached hydrogens (primary N) is 2. The summed E-state index contributed by atoms with van der Waals surface area (Å²) < 4.78 is 144. The SMILES string of the molecule is CCOC(=O)c1c(CBr)cccc1[N+](=O)[O-].CCOc1cc([C@@H]([13CH2]S([13CH3])(=O)=O)N2Cc3cccc(N)c3C2=O)ccc1OC.CCOc1cc([C@@H]([13CH2]S([13CH3])(=O)=O)N2Cc3cccc(NC(=O)C4CC4)c3C2=O)ccc1OC.CCOc1cc([C@@H]([13CH2]S([13CH3])(=O)=O)[15N]2Cc3cccc([N+](=O)[O-])c3C2=O)ccc1OC.CCOc1cc([C@H](N)[13CH2]S([13CH3])(=O)=O)ccc1OC. The number of anilines is 2. The summed E-state index contributed by atoms with van der Waals surface area (Å²) >= 11 is 3.18. The van der Waals surface area contributed by atoms with Gasteiger partial charge in [-0.15, -0.1) is 0 Å². The molecule has 1 fully saturated rings. The number of sulfone groups is 4. The minimum atomic E-state index is -3.49. The van der Waals surface area contributed by atoms with Crippen LogP contribution in [0.15, 0.2) is 146 Å². The Balaban J connectivity index is 0.000000198. The maximum atomic E-state index is 13.5. The number of fused-ring (bicyclic) bond motifs is 3. The van der Waals surface area contributed by atoms with Crippen LogP contribution in [0.4, 0.5) is 22.7 Å². The molecule has 0 spiro atoms. The van der Waals surface area contributed by atoms with Gasteiger partial charge in [-0.25, -0.2) is 38.5 Å². The lowest BCUT2D eigenvalue weighted by molar-refractivity contribution is -0.385. The third kappa shape index (κ3) is 26.2. The highest BCUT2D eigenvalue weighted by atomic mass is 79.9. The molecule has 4 atom stereocenters. The molecule has 39 heteroatoms. The smallest absolute Gasteiger partial charge is 0.345 e. The highest BCUT2D eigenvalue weighted by Crippen LogP contribution is 2.44. The standard InChI is InChI=1S/C24H28N2O6S.C20H22N2O7S.C20H24N2O5S.C12H19NO4S.C10H10BrNO4/c1-4-32-21-12-16(10-11-20(21)31-2)19(14-33(3,29)30)26-13-17-6-5-7-18(22(17)24(26)28)25-23(27)15-8-9-15;1-4-29-18-10-13(8-9-17(18)28-2)16(12-30(3,26)27)21-11-14-6-5-7-15(22(24)25)19(14)20(21)23;1-4-27-18-10-13(8-9-17(18)26-2)16(12-28(3,24)25)22-11-14-6-5-7-15(21)19(14)20(22)23;1-4-17-12-7-9(5-6-11(12)16-2)10(13)8-18(3,14)15;1-2-16-10(13)9-7(6-11)4-3-5-8(9)12(14)15/h5-7,10-12,15,19H,4,8-9,13-14H2,1-3H3,(H,25,27);5-10,16H,4,11-12H2,1-3H3;5-10,16H,4,11-12,21H2,1-3H3;5-7,10H,4,8,13H2,1-3H3;3-5H,2,6H2,1H3/t19-;2*16-;10-;/m1111./s1/i3+1,14+1;3+1,12+1,21+1;3+1,12+1;3+1,8+1;. The average Bonchev–Trinajstić information content (AvgIpc) is 1.64. The molecule has 8 aromatic carbocycles. The Morgan fingerprint density at radius 2 is 0.808 bits per heavy atom. The molecule has 1 aliphatic carbocycles. The van der Waals surface area contributed by atoms with Crippen LogP contribution in [0.3, 0.4) is 0 Å². The Kier molecular flexibility index (Phi) is 34.6. The summed E-state index contributed by atoms with van der Waals surface area (Å²) in [5.74, 6) is 1.37. The fourth-order valence-electron chi connectivity index (χ4n) is 14.1. The molecule has 4 amide bonds. The predicted octanol–water partition coefficient (Wildman–Crippen LogP) is 12.2. The van der Waals surface area contributed by atoms with Crippen LogP contribution in [0, 0.1) is 26.1 Å².